The van der Waals surface area contributed by atoms with Crippen LogP contribution in [0.1, 0.15) is 29.6 Å². The topological polar surface area (TPSA) is 61.6 Å². The quantitative estimate of drug-likeness (QED) is 0.807. The highest BCUT2D eigenvalue weighted by molar-refractivity contribution is 5.94. The molecule has 20 heavy (non-hydrogen) atoms. The highest BCUT2D eigenvalue weighted by Gasteiger charge is 2.41. The molecule has 2 bridgehead atoms. The molecule has 1 aliphatic carbocycles. The van der Waals surface area contributed by atoms with Crippen molar-refractivity contribution in [1.29, 1.82) is 0 Å². The van der Waals surface area contributed by atoms with E-state index in [0.29, 0.717) is 29.9 Å². The van der Waals surface area contributed by atoms with Crippen LogP contribution >= 0.6 is 0 Å². The minimum atomic E-state index is -0.0305. The molecule has 0 radical (unpaired) electrons. The first kappa shape index (κ1) is 13.4. The predicted octanol–water partition coefficient (Wildman–Crippen LogP) is 1.08. The molecule has 3 rings (SSSR count). The van der Waals surface area contributed by atoms with Crippen LogP contribution in [0, 0.1) is 0 Å². The van der Waals surface area contributed by atoms with Gasteiger partial charge in [-0.05, 0) is 43.5 Å². The van der Waals surface area contributed by atoms with Gasteiger partial charge in [0.05, 0.1) is 0 Å². The lowest BCUT2D eigenvalue weighted by Crippen LogP contribution is -2.47. The van der Waals surface area contributed by atoms with Crippen molar-refractivity contribution in [3.05, 3.63) is 29.8 Å². The summed E-state index contributed by atoms with van der Waals surface area (Å²) in [4.78, 5) is 12.0. The summed E-state index contributed by atoms with van der Waals surface area (Å²) in [5.74, 6) is -0.0305. The molecule has 1 saturated carbocycles. The van der Waals surface area contributed by atoms with Gasteiger partial charge in [-0.15, -0.1) is 0 Å². The molecule has 108 valence electrons. The average Bonchev–Trinajstić information content (AvgIpc) is 3.02. The minimum Gasteiger partial charge on any atom is -0.399 e. The first-order chi connectivity index (χ1) is 9.65. The number of nitrogens with zero attached hydrogens (tertiary/aromatic N) is 2. The number of rotatable bonds is 4. The van der Waals surface area contributed by atoms with E-state index in [-0.39, 0.29) is 5.91 Å². The fraction of sp³-hybridized carbons (Fsp3) is 0.533. The monoisotopic (exact) mass is 274 g/mol. The van der Waals surface area contributed by atoms with Gasteiger partial charge in [-0.25, -0.2) is 10.0 Å². The lowest BCUT2D eigenvalue weighted by atomic mass is 10.2. The molecule has 2 aliphatic rings. The van der Waals surface area contributed by atoms with Gasteiger partial charge in [0.2, 0.25) is 0 Å². The molecule has 0 unspecified atom stereocenters. The largest absolute Gasteiger partial charge is 0.399 e. The number of nitrogens with two attached hydrogens (primary N) is 1. The van der Waals surface area contributed by atoms with Crippen molar-refractivity contribution in [2.75, 3.05) is 25.9 Å². The highest BCUT2D eigenvalue weighted by atomic mass is 16.1. The number of benzene rings is 1. The second-order valence-corrected chi connectivity index (χ2v) is 5.74. The summed E-state index contributed by atoms with van der Waals surface area (Å²) in [5.41, 5.74) is 6.96. The van der Waals surface area contributed by atoms with Crippen molar-refractivity contribution in [2.24, 2.45) is 0 Å². The number of hydrazine groups is 1. The Labute approximate surface area is 119 Å². The van der Waals surface area contributed by atoms with Crippen LogP contribution < -0.4 is 11.1 Å². The fourth-order valence-electron chi connectivity index (χ4n) is 3.37. The number of anilines is 1. The van der Waals surface area contributed by atoms with Crippen LogP contribution in [0.3, 0.4) is 0 Å². The standard InChI is InChI=1S/C15H22N4O/c1-18-13-6-7-14(10-13)19(18)9-8-17-15(20)11-2-4-12(16)5-3-11/h2-5,13-14H,6-10,16H2,1H3,(H,17,20)/t13-,14+/m0/s1. The van der Waals surface area contributed by atoms with E-state index >= 15 is 0 Å². The number of nitrogen functional groups attached to an aromatic ring is 1. The Kier molecular flexibility index (Phi) is 3.63. The Balaban J connectivity index is 1.48. The summed E-state index contributed by atoms with van der Waals surface area (Å²) in [7, 11) is 2.16. The number of carbonyl (C=O) groups is 1. The summed E-state index contributed by atoms with van der Waals surface area (Å²) >= 11 is 0. The SMILES string of the molecule is CN1[C@H]2CC[C@H](C2)N1CCNC(=O)c1ccc(N)cc1. The van der Waals surface area contributed by atoms with Crippen molar-refractivity contribution in [3.63, 3.8) is 0 Å². The first-order valence-corrected chi connectivity index (χ1v) is 7.28. The van der Waals surface area contributed by atoms with E-state index in [1.54, 1.807) is 24.3 Å². The van der Waals surface area contributed by atoms with Gasteiger partial charge in [0.15, 0.2) is 0 Å². The molecule has 2 fully saturated rings. The lowest BCUT2D eigenvalue weighted by Gasteiger charge is -2.35. The van der Waals surface area contributed by atoms with Crippen LogP contribution in [0.2, 0.25) is 0 Å². The second-order valence-electron chi connectivity index (χ2n) is 5.74. The summed E-state index contributed by atoms with van der Waals surface area (Å²) in [6.07, 6.45) is 3.89. The van der Waals surface area contributed by atoms with Crippen molar-refractivity contribution in [1.82, 2.24) is 15.3 Å². The molecule has 5 nitrogen and oxygen atoms in total. The van der Waals surface area contributed by atoms with E-state index in [1.807, 2.05) is 0 Å². The number of amides is 1. The Morgan fingerprint density at radius 2 is 2.00 bits per heavy atom. The van der Waals surface area contributed by atoms with E-state index in [9.17, 15) is 4.79 Å². The zero-order valence-electron chi connectivity index (χ0n) is 11.9. The molecule has 1 amide bonds. The maximum absolute atomic E-state index is 12.0. The van der Waals surface area contributed by atoms with Gasteiger partial charge in [0, 0.05) is 43.5 Å². The Morgan fingerprint density at radius 3 is 2.65 bits per heavy atom. The normalized spacial score (nSPS) is 26.1. The summed E-state index contributed by atoms with van der Waals surface area (Å²) in [6.45, 7) is 1.56. The Hall–Kier alpha value is -1.59. The van der Waals surface area contributed by atoms with Crippen molar-refractivity contribution in [3.8, 4) is 0 Å². The zero-order chi connectivity index (χ0) is 14.1. The highest BCUT2D eigenvalue weighted by Crippen LogP contribution is 2.35. The van der Waals surface area contributed by atoms with Gasteiger partial charge >= 0.3 is 0 Å². The molecule has 1 aromatic carbocycles. The van der Waals surface area contributed by atoms with Crippen molar-refractivity contribution in [2.45, 2.75) is 31.3 Å². The van der Waals surface area contributed by atoms with Gasteiger partial charge < -0.3 is 11.1 Å². The number of carbonyl (C=O) groups excluding carboxylic acids is 1. The van der Waals surface area contributed by atoms with Crippen molar-refractivity contribution >= 4 is 11.6 Å². The van der Waals surface area contributed by atoms with E-state index in [2.05, 4.69) is 22.4 Å². The molecule has 1 heterocycles. The fourth-order valence-corrected chi connectivity index (χ4v) is 3.37. The van der Waals surface area contributed by atoms with Crippen LogP contribution in [-0.2, 0) is 0 Å². The number of nitrogens with one attached hydrogen (secondary N) is 1. The van der Waals surface area contributed by atoms with Crippen LogP contribution in [0.5, 0.6) is 0 Å². The van der Waals surface area contributed by atoms with Gasteiger partial charge in [-0.2, -0.15) is 0 Å². The van der Waals surface area contributed by atoms with E-state index in [4.69, 9.17) is 5.73 Å². The molecule has 1 aromatic rings. The van der Waals surface area contributed by atoms with Crippen LogP contribution in [-0.4, -0.2) is 48.1 Å². The third-order valence-electron chi connectivity index (χ3n) is 4.53. The maximum Gasteiger partial charge on any atom is 0.251 e. The summed E-state index contributed by atoms with van der Waals surface area (Å²) < 4.78 is 0. The number of hydrogen-bond acceptors (Lipinski definition) is 4. The van der Waals surface area contributed by atoms with Gasteiger partial charge in [0.1, 0.15) is 0 Å². The van der Waals surface area contributed by atoms with Gasteiger partial charge in [-0.3, -0.25) is 4.79 Å². The molecule has 2 atom stereocenters. The molecule has 1 aliphatic heterocycles. The Bertz CT molecular complexity index is 485. The second kappa shape index (κ2) is 5.42. The van der Waals surface area contributed by atoms with Crippen LogP contribution in [0.25, 0.3) is 0 Å². The molecule has 1 saturated heterocycles. The third-order valence-corrected chi connectivity index (χ3v) is 4.53. The lowest BCUT2D eigenvalue weighted by molar-refractivity contribution is -0.0285. The minimum absolute atomic E-state index is 0.0305. The molecule has 3 N–H and O–H groups in total. The molecular weight excluding hydrogens is 252 g/mol. The molecule has 5 heteroatoms. The van der Waals surface area contributed by atoms with Crippen molar-refractivity contribution < 1.29 is 4.79 Å². The summed E-state index contributed by atoms with van der Waals surface area (Å²) in [5, 5.41) is 7.73. The van der Waals surface area contributed by atoms with Crippen LogP contribution in [0.15, 0.2) is 24.3 Å². The number of hydrogen-bond donors (Lipinski definition) is 2. The molecule has 0 aromatic heterocycles. The molecular formula is C15H22N4O. The maximum atomic E-state index is 12.0. The van der Waals surface area contributed by atoms with E-state index < -0.39 is 0 Å². The number of fused-ring (bicyclic) bond motifs is 2. The first-order valence-electron chi connectivity index (χ1n) is 7.28. The van der Waals surface area contributed by atoms with Crippen LogP contribution in [0.4, 0.5) is 5.69 Å². The Morgan fingerprint density at radius 1 is 1.30 bits per heavy atom. The summed E-state index contributed by atoms with van der Waals surface area (Å²) in [6, 6.07) is 8.42. The van der Waals surface area contributed by atoms with Gasteiger partial charge in [-0.1, -0.05) is 0 Å². The van der Waals surface area contributed by atoms with E-state index in [0.717, 1.165) is 6.54 Å². The third kappa shape index (κ3) is 2.51. The average molecular weight is 274 g/mol. The van der Waals surface area contributed by atoms with Gasteiger partial charge in [0.25, 0.3) is 5.91 Å². The van der Waals surface area contributed by atoms with E-state index in [1.165, 1.54) is 19.3 Å². The zero-order valence-corrected chi connectivity index (χ0v) is 11.9. The molecule has 0 spiro atoms. The smallest absolute Gasteiger partial charge is 0.251 e. The predicted molar refractivity (Wildman–Crippen MR) is 79.1 cm³/mol.